The molecule has 71 heavy (non-hydrogen) atoms. The number of hydrogen-bond donors (Lipinski definition) is 3. The van der Waals surface area contributed by atoms with E-state index in [0.717, 1.165) is 51.4 Å². The second kappa shape index (κ2) is 60.9. The first-order chi connectivity index (χ1) is 35.0. The summed E-state index contributed by atoms with van der Waals surface area (Å²) in [7, 11) is 0. The number of rotatable bonds is 60. The van der Waals surface area contributed by atoms with Gasteiger partial charge < -0.3 is 20.3 Å². The average Bonchev–Trinajstić information content (AvgIpc) is 3.37. The summed E-state index contributed by atoms with van der Waals surface area (Å²) in [5.74, 6) is -0.0362. The highest BCUT2D eigenvalue weighted by atomic mass is 16.5. The Labute approximate surface area is 443 Å². The third kappa shape index (κ3) is 57.5. The third-order valence-corrected chi connectivity index (χ3v) is 15.0. The minimum atomic E-state index is -0.666. The fraction of sp³-hybridized carbons (Fsp3) is 0.908. The number of allylic oxidation sites excluding steroid dienone is 4. The molecule has 0 aliphatic rings. The summed E-state index contributed by atoms with van der Waals surface area (Å²) in [4.78, 5) is 24.6. The quantitative estimate of drug-likeness (QED) is 0.0320. The van der Waals surface area contributed by atoms with Crippen LogP contribution in [0.3, 0.4) is 0 Å². The van der Waals surface area contributed by atoms with Crippen LogP contribution < -0.4 is 5.32 Å². The summed E-state index contributed by atoms with van der Waals surface area (Å²) >= 11 is 0. The standard InChI is InChI=1S/C65H125NO5/c1-3-5-7-9-11-13-15-17-19-21-26-29-33-37-41-45-49-53-57-63(68)62(61-67)66-64(69)58-54-50-46-42-38-34-30-27-24-22-23-25-28-32-36-40-44-48-52-56-60-71-65(70)59-55-51-47-43-39-35-31-20-18-16-14-12-10-8-6-4-2/h14,16,20,31,62-63,67-68H,3-13,15,17-19,21-30,32-61H2,1-2H3,(H,66,69)/b16-14-,31-20-. The van der Waals surface area contributed by atoms with Gasteiger partial charge in [0.15, 0.2) is 0 Å². The largest absolute Gasteiger partial charge is 0.466 e. The van der Waals surface area contributed by atoms with E-state index in [1.54, 1.807) is 0 Å². The van der Waals surface area contributed by atoms with Crippen molar-refractivity contribution in [2.24, 2.45) is 0 Å². The molecular weight excluding hydrogens is 875 g/mol. The second-order valence-electron chi connectivity index (χ2n) is 22.1. The normalized spacial score (nSPS) is 12.7. The number of esters is 1. The average molecular weight is 1000 g/mol. The van der Waals surface area contributed by atoms with Gasteiger partial charge in [0.25, 0.3) is 0 Å². The van der Waals surface area contributed by atoms with Gasteiger partial charge in [-0.05, 0) is 57.8 Å². The third-order valence-electron chi connectivity index (χ3n) is 15.0. The zero-order valence-corrected chi connectivity index (χ0v) is 48.0. The maximum absolute atomic E-state index is 12.5. The highest BCUT2D eigenvalue weighted by Crippen LogP contribution is 2.18. The van der Waals surface area contributed by atoms with E-state index in [4.69, 9.17) is 4.74 Å². The maximum atomic E-state index is 12.5. The van der Waals surface area contributed by atoms with Crippen molar-refractivity contribution in [1.29, 1.82) is 0 Å². The van der Waals surface area contributed by atoms with E-state index in [1.165, 1.54) is 270 Å². The van der Waals surface area contributed by atoms with Gasteiger partial charge in [0, 0.05) is 12.8 Å². The lowest BCUT2D eigenvalue weighted by atomic mass is 10.0. The zero-order chi connectivity index (χ0) is 51.4. The Morgan fingerprint density at radius 2 is 0.704 bits per heavy atom. The molecule has 0 aliphatic carbocycles. The molecule has 1 amide bonds. The smallest absolute Gasteiger partial charge is 0.305 e. The van der Waals surface area contributed by atoms with Gasteiger partial charge in [-0.3, -0.25) is 9.59 Å². The van der Waals surface area contributed by atoms with E-state index in [1.807, 2.05) is 0 Å². The van der Waals surface area contributed by atoms with Crippen molar-refractivity contribution in [1.82, 2.24) is 5.32 Å². The van der Waals surface area contributed by atoms with Crippen molar-refractivity contribution in [3.8, 4) is 0 Å². The van der Waals surface area contributed by atoms with Gasteiger partial charge >= 0.3 is 5.97 Å². The van der Waals surface area contributed by atoms with Gasteiger partial charge in [0.2, 0.25) is 5.91 Å². The Morgan fingerprint density at radius 3 is 1.08 bits per heavy atom. The van der Waals surface area contributed by atoms with Crippen molar-refractivity contribution in [2.75, 3.05) is 13.2 Å². The molecule has 0 bridgehead atoms. The molecule has 0 radical (unpaired) electrons. The molecule has 6 heteroatoms. The van der Waals surface area contributed by atoms with Crippen LogP contribution in [0.25, 0.3) is 0 Å². The van der Waals surface area contributed by atoms with Crippen LogP contribution in [-0.2, 0) is 14.3 Å². The van der Waals surface area contributed by atoms with E-state index < -0.39 is 12.1 Å². The van der Waals surface area contributed by atoms with E-state index in [2.05, 4.69) is 43.5 Å². The molecule has 0 saturated carbocycles. The van der Waals surface area contributed by atoms with Crippen molar-refractivity contribution < 1.29 is 24.5 Å². The van der Waals surface area contributed by atoms with Crippen LogP contribution >= 0.6 is 0 Å². The van der Waals surface area contributed by atoms with Crippen molar-refractivity contribution >= 4 is 11.9 Å². The van der Waals surface area contributed by atoms with Crippen molar-refractivity contribution in [3.05, 3.63) is 24.3 Å². The molecule has 2 atom stereocenters. The van der Waals surface area contributed by atoms with E-state index in [0.29, 0.717) is 25.9 Å². The van der Waals surface area contributed by atoms with Crippen molar-refractivity contribution in [2.45, 2.75) is 366 Å². The predicted molar refractivity (Wildman–Crippen MR) is 310 cm³/mol. The number of ether oxygens (including phenoxy) is 1. The molecule has 0 spiro atoms. The Hall–Kier alpha value is -1.66. The van der Waals surface area contributed by atoms with Crippen LogP contribution in [0.1, 0.15) is 354 Å². The summed E-state index contributed by atoms with van der Waals surface area (Å²) in [5, 5.41) is 23.4. The SMILES string of the molecule is CCCCCC/C=C\C/C=C\CCCCCCCC(=O)OCCCCCCCCCCCCCCCCCCCCCCC(=O)NC(CO)C(O)CCCCCCCCCCCCCCCCCCCC. The summed E-state index contributed by atoms with van der Waals surface area (Å²) < 4.78 is 5.48. The molecule has 3 N–H and O–H groups in total. The first-order valence-electron chi connectivity index (χ1n) is 32.1. The topological polar surface area (TPSA) is 95.9 Å². The van der Waals surface area contributed by atoms with Gasteiger partial charge in [-0.2, -0.15) is 0 Å². The van der Waals surface area contributed by atoms with E-state index in [9.17, 15) is 19.8 Å². The molecule has 0 fully saturated rings. The number of aliphatic hydroxyl groups is 2. The van der Waals surface area contributed by atoms with Crippen LogP contribution in [0.15, 0.2) is 24.3 Å². The zero-order valence-electron chi connectivity index (χ0n) is 48.0. The molecule has 6 nitrogen and oxygen atoms in total. The van der Waals surface area contributed by atoms with Gasteiger partial charge in [0.05, 0.1) is 25.4 Å². The highest BCUT2D eigenvalue weighted by molar-refractivity contribution is 5.76. The number of aliphatic hydroxyl groups excluding tert-OH is 2. The molecular formula is C65H125NO5. The summed E-state index contributed by atoms with van der Waals surface area (Å²) in [6, 6.07) is -0.543. The Bertz CT molecular complexity index is 1110. The fourth-order valence-electron chi connectivity index (χ4n) is 10.1. The molecule has 0 rings (SSSR count). The number of hydrogen-bond acceptors (Lipinski definition) is 5. The van der Waals surface area contributed by atoms with Crippen molar-refractivity contribution in [3.63, 3.8) is 0 Å². The summed E-state index contributed by atoms with van der Waals surface area (Å²) in [5.41, 5.74) is 0. The molecule has 420 valence electrons. The van der Waals surface area contributed by atoms with Gasteiger partial charge in [0.1, 0.15) is 0 Å². The Kier molecular flexibility index (Phi) is 59.5. The molecule has 0 saturated heterocycles. The van der Waals surface area contributed by atoms with Gasteiger partial charge in [-0.15, -0.1) is 0 Å². The van der Waals surface area contributed by atoms with Gasteiger partial charge in [-0.1, -0.05) is 308 Å². The number of amides is 1. The lowest BCUT2D eigenvalue weighted by Gasteiger charge is -2.22. The number of unbranched alkanes of at least 4 members (excludes halogenated alkanes) is 45. The second-order valence-corrected chi connectivity index (χ2v) is 22.1. The molecule has 2 unspecified atom stereocenters. The summed E-state index contributed by atoms with van der Waals surface area (Å²) in [6.45, 7) is 4.95. The predicted octanol–water partition coefficient (Wildman–Crippen LogP) is 20.2. The Balaban J connectivity index is 3.40. The number of nitrogens with one attached hydrogen (secondary N) is 1. The molecule has 0 aromatic rings. The fourth-order valence-corrected chi connectivity index (χ4v) is 10.1. The monoisotopic (exact) mass is 1000 g/mol. The molecule has 0 heterocycles. The van der Waals surface area contributed by atoms with Crippen LogP contribution in [0.2, 0.25) is 0 Å². The number of carbonyl (C=O) groups excluding carboxylic acids is 2. The van der Waals surface area contributed by atoms with Crippen LogP contribution in [-0.4, -0.2) is 47.4 Å². The lowest BCUT2D eigenvalue weighted by Crippen LogP contribution is -2.45. The maximum Gasteiger partial charge on any atom is 0.305 e. The first-order valence-corrected chi connectivity index (χ1v) is 32.1. The minimum Gasteiger partial charge on any atom is -0.466 e. The lowest BCUT2D eigenvalue weighted by molar-refractivity contribution is -0.143. The molecule has 0 aromatic carbocycles. The van der Waals surface area contributed by atoms with Gasteiger partial charge in [-0.25, -0.2) is 0 Å². The van der Waals surface area contributed by atoms with Crippen LogP contribution in [0.5, 0.6) is 0 Å². The molecule has 0 aromatic heterocycles. The minimum absolute atomic E-state index is 0.00216. The van der Waals surface area contributed by atoms with Crippen LogP contribution in [0.4, 0.5) is 0 Å². The van der Waals surface area contributed by atoms with E-state index in [-0.39, 0.29) is 18.5 Å². The Morgan fingerprint density at radius 1 is 0.394 bits per heavy atom. The first kappa shape index (κ1) is 69.3. The number of carbonyl (C=O) groups is 2. The van der Waals surface area contributed by atoms with E-state index >= 15 is 0 Å². The van der Waals surface area contributed by atoms with Crippen LogP contribution in [0, 0.1) is 0 Å². The molecule has 0 aliphatic heterocycles. The highest BCUT2D eigenvalue weighted by Gasteiger charge is 2.20. The summed E-state index contributed by atoms with van der Waals surface area (Å²) in [6.07, 6.45) is 74.7.